The fourth-order valence-corrected chi connectivity index (χ4v) is 1.35. The number of aliphatic imine (C=N–C) groups is 1. The van der Waals surface area contributed by atoms with Crippen molar-refractivity contribution in [2.75, 3.05) is 13.7 Å². The van der Waals surface area contributed by atoms with Crippen LogP contribution in [0.25, 0.3) is 0 Å². The third-order valence-electron chi connectivity index (χ3n) is 1.89. The van der Waals surface area contributed by atoms with E-state index in [2.05, 4.69) is 37.6 Å². The number of terminal acetylenes is 1. The van der Waals surface area contributed by atoms with Gasteiger partial charge in [-0.1, -0.05) is 17.6 Å². The zero-order valence-electron chi connectivity index (χ0n) is 9.29. The number of ether oxygens (including phenoxy) is 1. The highest BCUT2D eigenvalue weighted by Crippen LogP contribution is 2.13. The number of rotatable bonds is 6. The first-order valence-electron chi connectivity index (χ1n) is 4.70. The van der Waals surface area contributed by atoms with Crippen molar-refractivity contribution >= 4 is 6.72 Å². The third kappa shape index (κ3) is 5.55. The predicted octanol–water partition coefficient (Wildman–Crippen LogP) is 2.31. The van der Waals surface area contributed by atoms with E-state index in [0.29, 0.717) is 12.5 Å². The Morgan fingerprint density at radius 1 is 1.64 bits per heavy atom. The molecule has 2 unspecified atom stereocenters. The summed E-state index contributed by atoms with van der Waals surface area (Å²) in [4.78, 5) is 3.86. The van der Waals surface area contributed by atoms with E-state index in [0.717, 1.165) is 6.42 Å². The van der Waals surface area contributed by atoms with Gasteiger partial charge in [-0.05, 0) is 27.0 Å². The lowest BCUT2D eigenvalue weighted by Crippen LogP contribution is -2.13. The molecule has 0 saturated heterocycles. The van der Waals surface area contributed by atoms with E-state index >= 15 is 0 Å². The van der Waals surface area contributed by atoms with Crippen LogP contribution in [0.4, 0.5) is 0 Å². The number of allylic oxidation sites excluding steroid dienone is 1. The minimum absolute atomic E-state index is 0.106. The van der Waals surface area contributed by atoms with Gasteiger partial charge in [0.2, 0.25) is 0 Å². The molecule has 0 aliphatic carbocycles. The molecule has 0 aromatic rings. The molecule has 2 atom stereocenters. The predicted molar refractivity (Wildman–Crippen MR) is 61.6 cm³/mol. The van der Waals surface area contributed by atoms with Crippen molar-refractivity contribution in [3.63, 3.8) is 0 Å². The Kier molecular flexibility index (Phi) is 6.78. The molecule has 0 N–H and O–H groups in total. The van der Waals surface area contributed by atoms with Gasteiger partial charge in [-0.2, -0.15) is 0 Å². The maximum absolute atomic E-state index is 5.31. The molecule has 2 heteroatoms. The number of hydrogen-bond donors (Lipinski definition) is 0. The molecular formula is C12H19NO. The molecule has 2 nitrogen and oxygen atoms in total. The van der Waals surface area contributed by atoms with Gasteiger partial charge in [0.05, 0.1) is 6.61 Å². The first-order valence-corrected chi connectivity index (χ1v) is 4.70. The highest BCUT2D eigenvalue weighted by molar-refractivity contribution is 5.26. The summed E-state index contributed by atoms with van der Waals surface area (Å²) in [7, 11) is 1.69. The summed E-state index contributed by atoms with van der Waals surface area (Å²) in [5.74, 6) is 2.93. The van der Waals surface area contributed by atoms with Crippen LogP contribution in [0.1, 0.15) is 20.3 Å². The Balaban J connectivity index is 4.29. The van der Waals surface area contributed by atoms with E-state index in [-0.39, 0.29) is 6.04 Å². The highest BCUT2D eigenvalue weighted by Gasteiger charge is 2.10. The fraction of sp³-hybridized carbons (Fsp3) is 0.583. The van der Waals surface area contributed by atoms with Gasteiger partial charge in [0.15, 0.2) is 0 Å². The molecule has 0 aliphatic heterocycles. The van der Waals surface area contributed by atoms with Crippen LogP contribution >= 0.6 is 0 Å². The van der Waals surface area contributed by atoms with Crippen molar-refractivity contribution < 1.29 is 4.74 Å². The zero-order valence-corrected chi connectivity index (χ0v) is 9.29. The molecule has 0 fully saturated rings. The van der Waals surface area contributed by atoms with Crippen molar-refractivity contribution in [3.05, 3.63) is 11.6 Å². The van der Waals surface area contributed by atoms with Gasteiger partial charge < -0.3 is 4.74 Å². The summed E-state index contributed by atoms with van der Waals surface area (Å²) >= 11 is 0. The lowest BCUT2D eigenvalue weighted by Gasteiger charge is -2.14. The third-order valence-corrected chi connectivity index (χ3v) is 1.89. The van der Waals surface area contributed by atoms with E-state index in [9.17, 15) is 0 Å². The lowest BCUT2D eigenvalue weighted by atomic mass is 9.99. The van der Waals surface area contributed by atoms with Crippen LogP contribution in [0.15, 0.2) is 16.6 Å². The lowest BCUT2D eigenvalue weighted by molar-refractivity contribution is 0.165. The van der Waals surface area contributed by atoms with E-state index in [1.165, 1.54) is 5.57 Å². The van der Waals surface area contributed by atoms with Crippen LogP contribution in [0, 0.1) is 18.3 Å². The Bertz CT molecular complexity index is 233. The van der Waals surface area contributed by atoms with E-state index in [4.69, 9.17) is 11.2 Å². The number of hydrogen-bond acceptors (Lipinski definition) is 2. The SMILES string of the molecule is C#CC(CC(C=C(C)C)COC)N=C. The van der Waals surface area contributed by atoms with Gasteiger partial charge in [-0.15, -0.1) is 6.42 Å². The van der Waals surface area contributed by atoms with Crippen molar-refractivity contribution in [1.29, 1.82) is 0 Å². The normalized spacial score (nSPS) is 13.9. The van der Waals surface area contributed by atoms with Gasteiger partial charge in [-0.25, -0.2) is 0 Å². The Morgan fingerprint density at radius 3 is 2.64 bits per heavy atom. The molecule has 0 aliphatic rings. The second-order valence-electron chi connectivity index (χ2n) is 3.56. The molecular weight excluding hydrogens is 174 g/mol. The molecule has 14 heavy (non-hydrogen) atoms. The Morgan fingerprint density at radius 2 is 2.29 bits per heavy atom. The average molecular weight is 193 g/mol. The van der Waals surface area contributed by atoms with E-state index in [1.54, 1.807) is 7.11 Å². The maximum Gasteiger partial charge on any atom is 0.110 e. The Labute approximate surface area is 87.1 Å². The van der Waals surface area contributed by atoms with Crippen molar-refractivity contribution in [2.24, 2.45) is 10.9 Å². The summed E-state index contributed by atoms with van der Waals surface area (Å²) in [6, 6.07) is -0.106. The summed E-state index contributed by atoms with van der Waals surface area (Å²) in [5.41, 5.74) is 1.27. The number of nitrogens with zero attached hydrogens (tertiary/aromatic N) is 1. The standard InChI is InChI=1S/C12H19NO/c1-6-12(13-4)8-11(9-14-5)7-10(2)3/h1,7,11-12H,4,8-9H2,2-3,5H3. The largest absolute Gasteiger partial charge is 0.384 e. The maximum atomic E-state index is 5.31. The van der Waals surface area contributed by atoms with Gasteiger partial charge in [0.25, 0.3) is 0 Å². The molecule has 0 aromatic heterocycles. The monoisotopic (exact) mass is 193 g/mol. The fourth-order valence-electron chi connectivity index (χ4n) is 1.35. The highest BCUT2D eigenvalue weighted by atomic mass is 16.5. The average Bonchev–Trinajstić information content (AvgIpc) is 2.13. The molecule has 0 spiro atoms. The quantitative estimate of drug-likeness (QED) is 0.360. The van der Waals surface area contributed by atoms with Crippen LogP contribution in [0.5, 0.6) is 0 Å². The topological polar surface area (TPSA) is 21.6 Å². The molecule has 78 valence electrons. The minimum atomic E-state index is -0.106. The van der Waals surface area contributed by atoms with Crippen LogP contribution < -0.4 is 0 Å². The molecule has 0 amide bonds. The van der Waals surface area contributed by atoms with Gasteiger partial charge in [0.1, 0.15) is 6.04 Å². The van der Waals surface area contributed by atoms with Crippen molar-refractivity contribution in [3.8, 4) is 12.3 Å². The van der Waals surface area contributed by atoms with E-state index in [1.807, 2.05) is 0 Å². The van der Waals surface area contributed by atoms with E-state index < -0.39 is 0 Å². The summed E-state index contributed by atoms with van der Waals surface area (Å²) in [5, 5.41) is 0. The molecule has 0 bridgehead atoms. The van der Waals surface area contributed by atoms with Gasteiger partial charge in [-0.3, -0.25) is 4.99 Å². The van der Waals surface area contributed by atoms with Crippen molar-refractivity contribution in [1.82, 2.24) is 0 Å². The summed E-state index contributed by atoms with van der Waals surface area (Å²) in [6.45, 7) is 8.28. The zero-order chi connectivity index (χ0) is 11.0. The number of methoxy groups -OCH3 is 1. The second-order valence-corrected chi connectivity index (χ2v) is 3.56. The van der Waals surface area contributed by atoms with Crippen molar-refractivity contribution in [2.45, 2.75) is 26.3 Å². The van der Waals surface area contributed by atoms with Gasteiger partial charge >= 0.3 is 0 Å². The van der Waals surface area contributed by atoms with Crippen LogP contribution in [-0.4, -0.2) is 26.5 Å². The molecule has 0 heterocycles. The first-order chi connectivity index (χ1) is 6.63. The Hall–Kier alpha value is -1.07. The molecule has 0 radical (unpaired) electrons. The summed E-state index contributed by atoms with van der Waals surface area (Å²) in [6.07, 6.45) is 8.28. The van der Waals surface area contributed by atoms with Crippen LogP contribution in [0.3, 0.4) is 0 Å². The van der Waals surface area contributed by atoms with Crippen LogP contribution in [-0.2, 0) is 4.74 Å². The molecule has 0 rings (SSSR count). The smallest absolute Gasteiger partial charge is 0.110 e. The molecule has 0 saturated carbocycles. The van der Waals surface area contributed by atoms with Crippen LogP contribution in [0.2, 0.25) is 0 Å². The second kappa shape index (κ2) is 7.34. The summed E-state index contributed by atoms with van der Waals surface area (Å²) < 4.78 is 5.12. The molecule has 0 aromatic carbocycles. The first kappa shape index (κ1) is 12.9. The minimum Gasteiger partial charge on any atom is -0.384 e. The van der Waals surface area contributed by atoms with Gasteiger partial charge in [0, 0.05) is 13.0 Å².